The molecule has 18 heavy (non-hydrogen) atoms. The second-order valence-electron chi connectivity index (χ2n) is 5.50. The highest BCUT2D eigenvalue weighted by atomic mass is 16.4. The molecule has 0 aromatic heterocycles. The SMILES string of the molecule is O=CN1CCN(CC2CCC(C(=O)O)CC2)CC1. The summed E-state index contributed by atoms with van der Waals surface area (Å²) in [5.41, 5.74) is 0. The van der Waals surface area contributed by atoms with E-state index in [1.54, 1.807) is 0 Å². The first-order valence-electron chi connectivity index (χ1n) is 6.83. The molecule has 102 valence electrons. The summed E-state index contributed by atoms with van der Waals surface area (Å²) >= 11 is 0. The quantitative estimate of drug-likeness (QED) is 0.748. The van der Waals surface area contributed by atoms with E-state index in [9.17, 15) is 9.59 Å². The lowest BCUT2D eigenvalue weighted by atomic mass is 9.82. The zero-order valence-electron chi connectivity index (χ0n) is 10.8. The van der Waals surface area contributed by atoms with E-state index in [4.69, 9.17) is 5.11 Å². The predicted molar refractivity (Wildman–Crippen MR) is 67.2 cm³/mol. The monoisotopic (exact) mass is 254 g/mol. The Morgan fingerprint density at radius 2 is 1.72 bits per heavy atom. The molecule has 0 spiro atoms. The number of hydrogen-bond donors (Lipinski definition) is 1. The smallest absolute Gasteiger partial charge is 0.306 e. The normalized spacial score (nSPS) is 30.1. The van der Waals surface area contributed by atoms with E-state index in [0.717, 1.165) is 64.8 Å². The van der Waals surface area contributed by atoms with E-state index in [0.29, 0.717) is 5.92 Å². The van der Waals surface area contributed by atoms with Gasteiger partial charge in [0.05, 0.1) is 5.92 Å². The van der Waals surface area contributed by atoms with Crippen LogP contribution in [0, 0.1) is 11.8 Å². The van der Waals surface area contributed by atoms with Crippen LogP contribution in [-0.2, 0) is 9.59 Å². The zero-order valence-corrected chi connectivity index (χ0v) is 10.8. The summed E-state index contributed by atoms with van der Waals surface area (Å²) in [5.74, 6) is -0.107. The highest BCUT2D eigenvalue weighted by molar-refractivity contribution is 5.69. The highest BCUT2D eigenvalue weighted by Crippen LogP contribution is 2.29. The van der Waals surface area contributed by atoms with E-state index >= 15 is 0 Å². The van der Waals surface area contributed by atoms with Gasteiger partial charge in [-0.3, -0.25) is 14.5 Å². The Morgan fingerprint density at radius 3 is 2.22 bits per heavy atom. The van der Waals surface area contributed by atoms with Gasteiger partial charge in [0.15, 0.2) is 0 Å². The number of amides is 1. The number of carbonyl (C=O) groups is 2. The Bertz CT molecular complexity index is 293. The van der Waals surface area contributed by atoms with E-state index < -0.39 is 5.97 Å². The van der Waals surface area contributed by atoms with Gasteiger partial charge in [-0.05, 0) is 31.6 Å². The van der Waals surface area contributed by atoms with Crippen molar-refractivity contribution in [1.29, 1.82) is 0 Å². The van der Waals surface area contributed by atoms with Gasteiger partial charge in [-0.1, -0.05) is 0 Å². The van der Waals surface area contributed by atoms with Gasteiger partial charge in [-0.15, -0.1) is 0 Å². The summed E-state index contributed by atoms with van der Waals surface area (Å²) in [6, 6.07) is 0. The summed E-state index contributed by atoms with van der Waals surface area (Å²) in [5, 5.41) is 8.95. The number of nitrogens with zero attached hydrogens (tertiary/aromatic N) is 2. The molecule has 2 aliphatic rings. The van der Waals surface area contributed by atoms with Crippen molar-refractivity contribution in [3.63, 3.8) is 0 Å². The fourth-order valence-corrected chi connectivity index (χ4v) is 3.01. The summed E-state index contributed by atoms with van der Waals surface area (Å²) in [6.45, 7) is 4.64. The number of piperazine rings is 1. The molecule has 1 aliphatic carbocycles. The van der Waals surface area contributed by atoms with Crippen molar-refractivity contribution in [3.05, 3.63) is 0 Å². The predicted octanol–water partition coefficient (Wildman–Crippen LogP) is 0.651. The minimum absolute atomic E-state index is 0.117. The molecule has 5 heteroatoms. The molecule has 0 aromatic rings. The number of aliphatic carboxylic acids is 1. The molecular weight excluding hydrogens is 232 g/mol. The summed E-state index contributed by atoms with van der Waals surface area (Å²) in [7, 11) is 0. The fourth-order valence-electron chi connectivity index (χ4n) is 3.01. The molecule has 0 radical (unpaired) electrons. The summed E-state index contributed by atoms with van der Waals surface area (Å²) in [6.07, 6.45) is 4.65. The lowest BCUT2D eigenvalue weighted by Crippen LogP contribution is -2.47. The number of rotatable bonds is 4. The Balaban J connectivity index is 1.69. The topological polar surface area (TPSA) is 60.9 Å². The van der Waals surface area contributed by atoms with Crippen LogP contribution >= 0.6 is 0 Å². The standard InChI is InChI=1S/C13H22N2O3/c16-10-15-7-5-14(6-8-15)9-11-1-3-12(4-2-11)13(17)18/h10-12H,1-9H2,(H,17,18). The van der Waals surface area contributed by atoms with Crippen molar-refractivity contribution in [2.75, 3.05) is 32.7 Å². The summed E-state index contributed by atoms with van der Waals surface area (Å²) < 4.78 is 0. The minimum Gasteiger partial charge on any atom is -0.481 e. The summed E-state index contributed by atoms with van der Waals surface area (Å²) in [4.78, 5) is 25.7. The van der Waals surface area contributed by atoms with Gasteiger partial charge in [0.1, 0.15) is 0 Å². The van der Waals surface area contributed by atoms with Crippen molar-refractivity contribution in [3.8, 4) is 0 Å². The molecule has 0 atom stereocenters. The molecule has 1 amide bonds. The van der Waals surface area contributed by atoms with Crippen molar-refractivity contribution in [2.24, 2.45) is 11.8 Å². The zero-order chi connectivity index (χ0) is 13.0. The number of carboxylic acids is 1. The average molecular weight is 254 g/mol. The molecule has 0 aromatic carbocycles. The Labute approximate surface area is 108 Å². The molecule has 0 unspecified atom stereocenters. The van der Waals surface area contributed by atoms with Gasteiger partial charge < -0.3 is 10.0 Å². The third-order valence-electron chi connectivity index (χ3n) is 4.27. The van der Waals surface area contributed by atoms with Gasteiger partial charge in [-0.2, -0.15) is 0 Å². The highest BCUT2D eigenvalue weighted by Gasteiger charge is 2.27. The molecule has 1 saturated heterocycles. The first kappa shape index (κ1) is 13.3. The first-order chi connectivity index (χ1) is 8.69. The Morgan fingerprint density at radius 1 is 1.11 bits per heavy atom. The molecule has 1 N–H and O–H groups in total. The van der Waals surface area contributed by atoms with Crippen LogP contribution in [0.3, 0.4) is 0 Å². The third-order valence-corrected chi connectivity index (χ3v) is 4.27. The first-order valence-corrected chi connectivity index (χ1v) is 6.83. The van der Waals surface area contributed by atoms with Crippen molar-refractivity contribution in [1.82, 2.24) is 9.80 Å². The van der Waals surface area contributed by atoms with Gasteiger partial charge in [0, 0.05) is 32.7 Å². The maximum Gasteiger partial charge on any atom is 0.306 e. The van der Waals surface area contributed by atoms with E-state index in [-0.39, 0.29) is 5.92 Å². The van der Waals surface area contributed by atoms with Crippen molar-refractivity contribution in [2.45, 2.75) is 25.7 Å². The van der Waals surface area contributed by atoms with E-state index in [1.807, 2.05) is 4.90 Å². The van der Waals surface area contributed by atoms with Crippen LogP contribution in [0.2, 0.25) is 0 Å². The van der Waals surface area contributed by atoms with Crippen LogP contribution in [0.4, 0.5) is 0 Å². The van der Waals surface area contributed by atoms with Crippen LogP contribution in [0.25, 0.3) is 0 Å². The van der Waals surface area contributed by atoms with Crippen LogP contribution in [0.5, 0.6) is 0 Å². The fraction of sp³-hybridized carbons (Fsp3) is 0.846. The molecule has 5 nitrogen and oxygen atoms in total. The molecule has 0 bridgehead atoms. The number of carboxylic acid groups (broad SMARTS) is 1. The third kappa shape index (κ3) is 3.45. The van der Waals surface area contributed by atoms with Gasteiger partial charge >= 0.3 is 5.97 Å². The lowest BCUT2D eigenvalue weighted by Gasteiger charge is -2.36. The number of carbonyl (C=O) groups excluding carboxylic acids is 1. The second-order valence-corrected chi connectivity index (χ2v) is 5.50. The lowest BCUT2D eigenvalue weighted by molar-refractivity contribution is -0.143. The van der Waals surface area contributed by atoms with Gasteiger partial charge in [-0.25, -0.2) is 0 Å². The van der Waals surface area contributed by atoms with Crippen LogP contribution < -0.4 is 0 Å². The minimum atomic E-state index is -0.631. The second kappa shape index (κ2) is 6.18. The van der Waals surface area contributed by atoms with E-state index in [2.05, 4.69) is 4.90 Å². The van der Waals surface area contributed by atoms with Crippen LogP contribution in [0.15, 0.2) is 0 Å². The van der Waals surface area contributed by atoms with Crippen molar-refractivity contribution < 1.29 is 14.7 Å². The molecule has 2 rings (SSSR count). The van der Waals surface area contributed by atoms with Crippen LogP contribution in [0.1, 0.15) is 25.7 Å². The molecule has 1 heterocycles. The number of hydrogen-bond acceptors (Lipinski definition) is 3. The average Bonchev–Trinajstić information content (AvgIpc) is 2.40. The van der Waals surface area contributed by atoms with E-state index in [1.165, 1.54) is 0 Å². The van der Waals surface area contributed by atoms with Crippen molar-refractivity contribution >= 4 is 12.4 Å². The molecular formula is C13H22N2O3. The maximum absolute atomic E-state index is 10.9. The maximum atomic E-state index is 10.9. The molecule has 2 fully saturated rings. The molecule has 1 aliphatic heterocycles. The van der Waals surface area contributed by atoms with Gasteiger partial charge in [0.25, 0.3) is 0 Å². The largest absolute Gasteiger partial charge is 0.481 e. The Kier molecular flexibility index (Phi) is 4.58. The molecule has 1 saturated carbocycles. The van der Waals surface area contributed by atoms with Gasteiger partial charge in [0.2, 0.25) is 6.41 Å². The Hall–Kier alpha value is -1.10. The van der Waals surface area contributed by atoms with Crippen LogP contribution in [-0.4, -0.2) is 60.0 Å².